The summed E-state index contributed by atoms with van der Waals surface area (Å²) in [5.41, 5.74) is 1.03. The number of piperazine rings is 1. The van der Waals surface area contributed by atoms with Gasteiger partial charge < -0.3 is 29.3 Å². The average molecular weight is 349 g/mol. The molecule has 0 radical (unpaired) electrons. The van der Waals surface area contributed by atoms with Crippen molar-refractivity contribution in [2.75, 3.05) is 58.5 Å². The fourth-order valence-electron chi connectivity index (χ4n) is 3.31. The average Bonchev–Trinajstić information content (AvgIpc) is 3.19. The van der Waals surface area contributed by atoms with Gasteiger partial charge in [-0.2, -0.15) is 0 Å². The van der Waals surface area contributed by atoms with Gasteiger partial charge in [0.1, 0.15) is 11.5 Å². The number of rotatable bonds is 5. The molecule has 0 bridgehead atoms. The first-order valence-electron chi connectivity index (χ1n) is 8.82. The van der Waals surface area contributed by atoms with Crippen LogP contribution in [0.15, 0.2) is 18.2 Å². The van der Waals surface area contributed by atoms with Gasteiger partial charge >= 0.3 is 6.03 Å². The zero-order valence-electron chi connectivity index (χ0n) is 15.0. The number of benzene rings is 1. The maximum atomic E-state index is 12.3. The Balaban J connectivity index is 1.52. The molecule has 0 spiro atoms. The predicted octanol–water partition coefficient (Wildman–Crippen LogP) is 1.71. The smallest absolute Gasteiger partial charge is 0.317 e. The number of methoxy groups -OCH3 is 2. The molecular weight excluding hydrogens is 322 g/mol. The van der Waals surface area contributed by atoms with E-state index < -0.39 is 0 Å². The fraction of sp³-hybridized carbons (Fsp3) is 0.611. The lowest BCUT2D eigenvalue weighted by Gasteiger charge is -2.36. The summed E-state index contributed by atoms with van der Waals surface area (Å²) in [5.74, 6) is 1.56. The summed E-state index contributed by atoms with van der Waals surface area (Å²) < 4.78 is 16.3. The topological polar surface area (TPSA) is 63.3 Å². The summed E-state index contributed by atoms with van der Waals surface area (Å²) in [6.45, 7) is 4.33. The molecule has 2 amide bonds. The molecule has 2 aliphatic heterocycles. The highest BCUT2D eigenvalue weighted by Gasteiger charge is 2.24. The number of carbonyl (C=O) groups excluding carboxylic acids is 1. The molecule has 7 nitrogen and oxygen atoms in total. The lowest BCUT2D eigenvalue weighted by Crippen LogP contribution is -2.52. The zero-order chi connectivity index (χ0) is 17.6. The van der Waals surface area contributed by atoms with Crippen LogP contribution < -0.4 is 19.7 Å². The van der Waals surface area contributed by atoms with E-state index in [0.717, 1.165) is 49.7 Å². The Bertz CT molecular complexity index is 582. The van der Waals surface area contributed by atoms with Gasteiger partial charge in [-0.25, -0.2) is 4.79 Å². The summed E-state index contributed by atoms with van der Waals surface area (Å²) in [6, 6.07) is 5.82. The van der Waals surface area contributed by atoms with Gasteiger partial charge in [0.2, 0.25) is 0 Å². The molecule has 0 saturated carbocycles. The molecule has 138 valence electrons. The fourth-order valence-corrected chi connectivity index (χ4v) is 3.31. The molecule has 0 aromatic heterocycles. The Morgan fingerprint density at radius 1 is 1.24 bits per heavy atom. The van der Waals surface area contributed by atoms with Crippen molar-refractivity contribution in [2.24, 2.45) is 0 Å². The van der Waals surface area contributed by atoms with Crippen LogP contribution in [0.25, 0.3) is 0 Å². The number of amides is 2. The van der Waals surface area contributed by atoms with E-state index in [0.29, 0.717) is 19.6 Å². The lowest BCUT2D eigenvalue weighted by atomic mass is 10.2. The first-order valence-corrected chi connectivity index (χ1v) is 8.82. The minimum absolute atomic E-state index is 0.00292. The number of hydrogen-bond acceptors (Lipinski definition) is 5. The van der Waals surface area contributed by atoms with Crippen molar-refractivity contribution in [3.05, 3.63) is 18.2 Å². The van der Waals surface area contributed by atoms with E-state index in [9.17, 15) is 4.79 Å². The molecule has 0 aliphatic carbocycles. The van der Waals surface area contributed by atoms with Crippen LogP contribution in [0, 0.1) is 0 Å². The maximum absolute atomic E-state index is 12.3. The van der Waals surface area contributed by atoms with Crippen molar-refractivity contribution in [2.45, 2.75) is 18.9 Å². The molecule has 1 unspecified atom stereocenters. The Hall–Kier alpha value is -2.15. The van der Waals surface area contributed by atoms with Gasteiger partial charge in [-0.3, -0.25) is 0 Å². The molecule has 1 atom stereocenters. The molecule has 2 fully saturated rings. The van der Waals surface area contributed by atoms with E-state index in [2.05, 4.69) is 10.2 Å². The number of urea groups is 1. The van der Waals surface area contributed by atoms with Gasteiger partial charge in [-0.15, -0.1) is 0 Å². The first kappa shape index (κ1) is 17.7. The predicted molar refractivity (Wildman–Crippen MR) is 95.7 cm³/mol. The van der Waals surface area contributed by atoms with Crippen LogP contribution in [0.4, 0.5) is 10.5 Å². The summed E-state index contributed by atoms with van der Waals surface area (Å²) in [5, 5.41) is 2.99. The SMILES string of the molecule is COc1ccc(N2CCN(C(=O)NCC3CCCO3)CC2)c(OC)c1. The summed E-state index contributed by atoms with van der Waals surface area (Å²) in [7, 11) is 3.30. The molecule has 2 heterocycles. The second-order valence-corrected chi connectivity index (χ2v) is 6.33. The standard InChI is InChI=1S/C18H27N3O4/c1-23-14-5-6-16(17(12-14)24-2)20-7-9-21(10-8-20)18(22)19-13-15-4-3-11-25-15/h5-6,12,15H,3-4,7-11,13H2,1-2H3,(H,19,22). The Morgan fingerprint density at radius 3 is 2.68 bits per heavy atom. The maximum Gasteiger partial charge on any atom is 0.317 e. The monoisotopic (exact) mass is 349 g/mol. The van der Waals surface area contributed by atoms with E-state index >= 15 is 0 Å². The number of ether oxygens (including phenoxy) is 3. The summed E-state index contributed by atoms with van der Waals surface area (Å²) in [6.07, 6.45) is 2.29. The van der Waals surface area contributed by atoms with E-state index in [1.54, 1.807) is 14.2 Å². The minimum Gasteiger partial charge on any atom is -0.497 e. The molecule has 25 heavy (non-hydrogen) atoms. The van der Waals surface area contributed by atoms with Crippen LogP contribution >= 0.6 is 0 Å². The number of anilines is 1. The second-order valence-electron chi connectivity index (χ2n) is 6.33. The number of nitrogens with one attached hydrogen (secondary N) is 1. The van der Waals surface area contributed by atoms with Crippen molar-refractivity contribution >= 4 is 11.7 Å². The highest BCUT2D eigenvalue weighted by Crippen LogP contribution is 2.32. The molecule has 3 rings (SSSR count). The van der Waals surface area contributed by atoms with Gasteiger partial charge in [0, 0.05) is 45.4 Å². The Kier molecular flexibility index (Phi) is 5.86. The van der Waals surface area contributed by atoms with Crippen LogP contribution in [0.1, 0.15) is 12.8 Å². The Labute approximate surface area is 148 Å². The van der Waals surface area contributed by atoms with E-state index in [1.807, 2.05) is 23.1 Å². The van der Waals surface area contributed by atoms with Gasteiger partial charge in [0.05, 0.1) is 26.0 Å². The van der Waals surface area contributed by atoms with Gasteiger partial charge in [0.15, 0.2) is 0 Å². The highest BCUT2D eigenvalue weighted by molar-refractivity contribution is 5.74. The molecule has 2 aliphatic rings. The van der Waals surface area contributed by atoms with Crippen LogP contribution in [0.2, 0.25) is 0 Å². The third-order valence-electron chi connectivity index (χ3n) is 4.80. The highest BCUT2D eigenvalue weighted by atomic mass is 16.5. The first-order chi connectivity index (χ1) is 12.2. The minimum atomic E-state index is -0.00292. The number of nitrogens with zero attached hydrogens (tertiary/aromatic N) is 2. The van der Waals surface area contributed by atoms with Gasteiger partial charge in [-0.05, 0) is 25.0 Å². The molecule has 1 aromatic carbocycles. The van der Waals surface area contributed by atoms with E-state index in [-0.39, 0.29) is 12.1 Å². The van der Waals surface area contributed by atoms with Gasteiger partial charge in [-0.1, -0.05) is 0 Å². The molecule has 1 N–H and O–H groups in total. The van der Waals surface area contributed by atoms with E-state index in [1.165, 1.54) is 0 Å². The van der Waals surface area contributed by atoms with Crippen LogP contribution in [-0.4, -0.2) is 70.6 Å². The third kappa shape index (κ3) is 4.28. The lowest BCUT2D eigenvalue weighted by molar-refractivity contribution is 0.108. The Morgan fingerprint density at radius 2 is 2.04 bits per heavy atom. The van der Waals surface area contributed by atoms with Crippen LogP contribution in [0.5, 0.6) is 11.5 Å². The summed E-state index contributed by atoms with van der Waals surface area (Å²) >= 11 is 0. The quantitative estimate of drug-likeness (QED) is 0.877. The summed E-state index contributed by atoms with van der Waals surface area (Å²) in [4.78, 5) is 16.4. The molecule has 7 heteroatoms. The molecular formula is C18H27N3O4. The van der Waals surface area contributed by atoms with Crippen molar-refractivity contribution in [1.29, 1.82) is 0 Å². The third-order valence-corrected chi connectivity index (χ3v) is 4.80. The number of hydrogen-bond donors (Lipinski definition) is 1. The second kappa shape index (κ2) is 8.29. The largest absolute Gasteiger partial charge is 0.497 e. The van der Waals surface area contributed by atoms with E-state index in [4.69, 9.17) is 14.2 Å². The van der Waals surface area contributed by atoms with Crippen molar-refractivity contribution in [3.8, 4) is 11.5 Å². The van der Waals surface area contributed by atoms with Crippen molar-refractivity contribution in [1.82, 2.24) is 10.2 Å². The van der Waals surface area contributed by atoms with Crippen molar-refractivity contribution < 1.29 is 19.0 Å². The number of carbonyl (C=O) groups is 1. The van der Waals surface area contributed by atoms with Gasteiger partial charge in [0.25, 0.3) is 0 Å². The molecule has 1 aromatic rings. The normalized spacial score (nSPS) is 20.5. The molecule has 2 saturated heterocycles. The van der Waals surface area contributed by atoms with Crippen molar-refractivity contribution in [3.63, 3.8) is 0 Å². The van der Waals surface area contributed by atoms with Crippen LogP contribution in [-0.2, 0) is 4.74 Å². The van der Waals surface area contributed by atoms with Crippen LogP contribution in [0.3, 0.4) is 0 Å². The zero-order valence-corrected chi connectivity index (χ0v) is 15.0.